The molecule has 0 bridgehead atoms. The second-order valence-electron chi connectivity index (χ2n) is 3.49. The van der Waals surface area contributed by atoms with E-state index in [1.54, 1.807) is 0 Å². The molecule has 0 spiro atoms. The molecule has 1 aromatic heterocycles. The van der Waals surface area contributed by atoms with Gasteiger partial charge in [-0.15, -0.1) is 0 Å². The molecule has 1 aromatic rings. The van der Waals surface area contributed by atoms with Crippen LogP contribution in [-0.4, -0.2) is 27.7 Å². The van der Waals surface area contributed by atoms with Crippen molar-refractivity contribution in [3.63, 3.8) is 0 Å². The lowest BCUT2D eigenvalue weighted by atomic mass is 10.2. The smallest absolute Gasteiger partial charge is 0.148 e. The molecule has 1 heterocycles. The van der Waals surface area contributed by atoms with Gasteiger partial charge in [0.05, 0.1) is 6.10 Å². The highest BCUT2D eigenvalue weighted by Crippen LogP contribution is 2.19. The van der Waals surface area contributed by atoms with Gasteiger partial charge in [0.25, 0.3) is 0 Å². The van der Waals surface area contributed by atoms with Crippen molar-refractivity contribution in [1.29, 1.82) is 0 Å². The fourth-order valence-electron chi connectivity index (χ4n) is 1.38. The Hall–Kier alpha value is -1.40. The van der Waals surface area contributed by atoms with Crippen molar-refractivity contribution in [3.05, 3.63) is 11.9 Å². The number of anilines is 2. The van der Waals surface area contributed by atoms with Crippen LogP contribution in [0.2, 0.25) is 0 Å². The van der Waals surface area contributed by atoms with E-state index in [0.29, 0.717) is 18.8 Å². The van der Waals surface area contributed by atoms with Crippen LogP contribution in [-0.2, 0) is 6.42 Å². The molecule has 1 unspecified atom stereocenters. The molecular formula is C10H19N5O. The highest BCUT2D eigenvalue weighted by Gasteiger charge is 2.09. The van der Waals surface area contributed by atoms with E-state index in [0.717, 1.165) is 17.8 Å². The standard InChI is InChI=1S/C10H19N5O/c1-3-7(16)5-12-9-8(4-2)10(15-11)14-6-13-9/h6-7,16H,3-5,11H2,1-2H3,(H2,12,13,14,15). The first kappa shape index (κ1) is 12.7. The second kappa shape index (κ2) is 6.24. The minimum atomic E-state index is -0.367. The Morgan fingerprint density at radius 3 is 2.62 bits per heavy atom. The minimum Gasteiger partial charge on any atom is -0.391 e. The van der Waals surface area contributed by atoms with E-state index in [2.05, 4.69) is 20.7 Å². The van der Waals surface area contributed by atoms with E-state index < -0.39 is 0 Å². The van der Waals surface area contributed by atoms with Crippen LogP contribution in [0.4, 0.5) is 11.6 Å². The number of hydrazine groups is 1. The molecule has 90 valence electrons. The van der Waals surface area contributed by atoms with Crippen molar-refractivity contribution in [2.75, 3.05) is 17.3 Å². The number of hydrogen-bond acceptors (Lipinski definition) is 6. The Morgan fingerprint density at radius 2 is 2.06 bits per heavy atom. The summed E-state index contributed by atoms with van der Waals surface area (Å²) < 4.78 is 0. The van der Waals surface area contributed by atoms with Crippen LogP contribution in [0.25, 0.3) is 0 Å². The maximum Gasteiger partial charge on any atom is 0.148 e. The molecular weight excluding hydrogens is 206 g/mol. The number of nitrogens with two attached hydrogens (primary N) is 1. The van der Waals surface area contributed by atoms with E-state index >= 15 is 0 Å². The molecule has 0 radical (unpaired) electrons. The Morgan fingerprint density at radius 1 is 1.38 bits per heavy atom. The van der Waals surface area contributed by atoms with Gasteiger partial charge in [0, 0.05) is 12.1 Å². The summed E-state index contributed by atoms with van der Waals surface area (Å²) in [6.07, 6.45) is 2.55. The Bertz CT molecular complexity index is 331. The summed E-state index contributed by atoms with van der Waals surface area (Å²) in [5.41, 5.74) is 3.46. The van der Waals surface area contributed by atoms with Crippen LogP contribution in [0, 0.1) is 0 Å². The fourth-order valence-corrected chi connectivity index (χ4v) is 1.38. The lowest BCUT2D eigenvalue weighted by molar-refractivity contribution is 0.183. The van der Waals surface area contributed by atoms with Crippen molar-refractivity contribution in [2.24, 2.45) is 5.84 Å². The van der Waals surface area contributed by atoms with E-state index in [1.165, 1.54) is 6.33 Å². The molecule has 5 N–H and O–H groups in total. The molecule has 6 heteroatoms. The summed E-state index contributed by atoms with van der Waals surface area (Å²) in [6, 6.07) is 0. The van der Waals surface area contributed by atoms with Gasteiger partial charge in [-0.05, 0) is 12.8 Å². The molecule has 0 aliphatic rings. The van der Waals surface area contributed by atoms with Crippen molar-refractivity contribution in [1.82, 2.24) is 9.97 Å². The van der Waals surface area contributed by atoms with Gasteiger partial charge in [0.2, 0.25) is 0 Å². The molecule has 0 aromatic carbocycles. The predicted molar refractivity (Wildman–Crippen MR) is 64.0 cm³/mol. The number of aromatic nitrogens is 2. The van der Waals surface area contributed by atoms with Crippen LogP contribution >= 0.6 is 0 Å². The number of nitrogen functional groups attached to an aromatic ring is 1. The fraction of sp³-hybridized carbons (Fsp3) is 0.600. The zero-order valence-corrected chi connectivity index (χ0v) is 9.70. The minimum absolute atomic E-state index is 0.367. The average Bonchev–Trinajstić information content (AvgIpc) is 2.34. The summed E-state index contributed by atoms with van der Waals surface area (Å²) in [5, 5.41) is 12.6. The zero-order chi connectivity index (χ0) is 12.0. The van der Waals surface area contributed by atoms with Gasteiger partial charge >= 0.3 is 0 Å². The molecule has 0 saturated heterocycles. The number of aliphatic hydroxyl groups is 1. The van der Waals surface area contributed by atoms with Crippen molar-refractivity contribution < 1.29 is 5.11 Å². The topological polar surface area (TPSA) is 96.1 Å². The summed E-state index contributed by atoms with van der Waals surface area (Å²) in [5.74, 6) is 6.70. The van der Waals surface area contributed by atoms with Crippen LogP contribution in [0.3, 0.4) is 0 Å². The van der Waals surface area contributed by atoms with Gasteiger partial charge in [-0.25, -0.2) is 15.8 Å². The first-order valence-electron chi connectivity index (χ1n) is 5.45. The van der Waals surface area contributed by atoms with Crippen LogP contribution in [0.15, 0.2) is 6.33 Å². The van der Waals surface area contributed by atoms with Crippen LogP contribution in [0.5, 0.6) is 0 Å². The van der Waals surface area contributed by atoms with Crippen molar-refractivity contribution >= 4 is 11.6 Å². The highest BCUT2D eigenvalue weighted by atomic mass is 16.3. The highest BCUT2D eigenvalue weighted by molar-refractivity contribution is 5.56. The number of nitrogens with one attached hydrogen (secondary N) is 2. The lowest BCUT2D eigenvalue weighted by Crippen LogP contribution is -2.20. The van der Waals surface area contributed by atoms with E-state index in [1.807, 2.05) is 13.8 Å². The molecule has 0 aliphatic carbocycles. The normalized spacial score (nSPS) is 12.2. The summed E-state index contributed by atoms with van der Waals surface area (Å²) in [7, 11) is 0. The second-order valence-corrected chi connectivity index (χ2v) is 3.49. The Balaban J connectivity index is 2.78. The number of aliphatic hydroxyl groups excluding tert-OH is 1. The molecule has 1 atom stereocenters. The third-order valence-electron chi connectivity index (χ3n) is 2.41. The molecule has 1 rings (SSSR count). The van der Waals surface area contributed by atoms with Gasteiger partial charge in [0.15, 0.2) is 0 Å². The molecule has 0 fully saturated rings. The number of rotatable bonds is 6. The monoisotopic (exact) mass is 225 g/mol. The molecule has 16 heavy (non-hydrogen) atoms. The average molecular weight is 225 g/mol. The van der Waals surface area contributed by atoms with Crippen molar-refractivity contribution in [2.45, 2.75) is 32.8 Å². The van der Waals surface area contributed by atoms with Gasteiger partial charge in [-0.1, -0.05) is 13.8 Å². The van der Waals surface area contributed by atoms with E-state index in [-0.39, 0.29) is 6.10 Å². The van der Waals surface area contributed by atoms with Crippen molar-refractivity contribution in [3.8, 4) is 0 Å². The number of nitrogens with zero attached hydrogens (tertiary/aromatic N) is 2. The Labute approximate surface area is 95.3 Å². The third-order valence-corrected chi connectivity index (χ3v) is 2.41. The SMILES string of the molecule is CCc1c(NN)ncnc1NCC(O)CC. The number of hydrogen-bond donors (Lipinski definition) is 4. The first-order valence-corrected chi connectivity index (χ1v) is 5.45. The molecule has 0 amide bonds. The molecule has 0 aliphatic heterocycles. The molecule has 0 saturated carbocycles. The summed E-state index contributed by atoms with van der Waals surface area (Å²) in [6.45, 7) is 4.41. The van der Waals surface area contributed by atoms with Gasteiger partial charge in [0.1, 0.15) is 18.0 Å². The summed E-state index contributed by atoms with van der Waals surface area (Å²) >= 11 is 0. The van der Waals surface area contributed by atoms with Crippen LogP contribution in [0.1, 0.15) is 25.8 Å². The van der Waals surface area contributed by atoms with E-state index in [4.69, 9.17) is 5.84 Å². The lowest BCUT2D eigenvalue weighted by Gasteiger charge is -2.14. The van der Waals surface area contributed by atoms with Gasteiger partial charge in [-0.3, -0.25) is 0 Å². The largest absolute Gasteiger partial charge is 0.391 e. The Kier molecular flexibility index (Phi) is 4.94. The van der Waals surface area contributed by atoms with Gasteiger partial charge < -0.3 is 15.8 Å². The van der Waals surface area contributed by atoms with Gasteiger partial charge in [-0.2, -0.15) is 0 Å². The molecule has 6 nitrogen and oxygen atoms in total. The maximum absolute atomic E-state index is 9.46. The van der Waals surface area contributed by atoms with E-state index in [9.17, 15) is 5.11 Å². The third kappa shape index (κ3) is 3.04. The predicted octanol–water partition coefficient (Wildman–Crippen LogP) is 0.507. The summed E-state index contributed by atoms with van der Waals surface area (Å²) in [4.78, 5) is 8.16. The first-order chi connectivity index (χ1) is 7.72. The quantitative estimate of drug-likeness (QED) is 0.416. The zero-order valence-electron chi connectivity index (χ0n) is 9.70. The van der Waals surface area contributed by atoms with Crippen LogP contribution < -0.4 is 16.6 Å². The maximum atomic E-state index is 9.46.